The maximum absolute atomic E-state index is 2.43. The second-order valence-corrected chi connectivity index (χ2v) is 11.4. The van der Waals surface area contributed by atoms with Crippen LogP contribution in [0.25, 0.3) is 64.6 Å². The molecule has 9 aromatic rings. The highest BCUT2D eigenvalue weighted by Crippen LogP contribution is 2.46. The molecule has 0 unspecified atom stereocenters. The number of benzene rings is 9. The van der Waals surface area contributed by atoms with Gasteiger partial charge in [-0.1, -0.05) is 133 Å². The fourth-order valence-corrected chi connectivity index (χ4v) is 7.00. The number of para-hydroxylation sites is 1. The van der Waals surface area contributed by atoms with Crippen LogP contribution in [0.5, 0.6) is 0 Å². The van der Waals surface area contributed by atoms with E-state index in [-0.39, 0.29) is 0 Å². The second-order valence-electron chi connectivity index (χ2n) is 11.4. The van der Waals surface area contributed by atoms with E-state index in [1.54, 1.807) is 0 Å². The molecule has 0 spiro atoms. The van der Waals surface area contributed by atoms with Gasteiger partial charge in [-0.25, -0.2) is 0 Å². The molecule has 9 aromatic carbocycles. The Kier molecular flexibility index (Phi) is 5.27. The fraction of sp³-hybridized carbons (Fsp3) is 0. The summed E-state index contributed by atoms with van der Waals surface area (Å²) in [6.45, 7) is 0. The average Bonchev–Trinajstić information content (AvgIpc) is 3.08. The Morgan fingerprint density at radius 3 is 1.53 bits per heavy atom. The Hall–Kier alpha value is -5.66. The summed E-state index contributed by atoms with van der Waals surface area (Å²) in [6.07, 6.45) is 0. The minimum Gasteiger partial charge on any atom is -0.310 e. The monoisotopic (exact) mass is 545 g/mol. The summed E-state index contributed by atoms with van der Waals surface area (Å²) in [5, 5.41) is 15.2. The number of hydrogen-bond donors (Lipinski definition) is 0. The van der Waals surface area contributed by atoms with E-state index in [9.17, 15) is 0 Å². The normalized spacial score (nSPS) is 11.7. The topological polar surface area (TPSA) is 3.24 Å². The molecule has 0 aromatic heterocycles. The molecule has 0 saturated heterocycles. The Morgan fingerprint density at radius 2 is 0.791 bits per heavy atom. The minimum atomic E-state index is 1.14. The van der Waals surface area contributed by atoms with E-state index in [4.69, 9.17) is 0 Å². The zero-order chi connectivity index (χ0) is 28.3. The van der Waals surface area contributed by atoms with Gasteiger partial charge in [-0.2, -0.15) is 0 Å². The summed E-state index contributed by atoms with van der Waals surface area (Å²) in [7, 11) is 0. The molecule has 0 aliphatic carbocycles. The molecule has 0 N–H and O–H groups in total. The van der Waals surface area contributed by atoms with E-state index in [1.807, 2.05) is 0 Å². The predicted molar refractivity (Wildman–Crippen MR) is 186 cm³/mol. The van der Waals surface area contributed by atoms with Gasteiger partial charge in [0.25, 0.3) is 0 Å². The zero-order valence-corrected chi connectivity index (χ0v) is 23.5. The van der Waals surface area contributed by atoms with E-state index >= 15 is 0 Å². The molecule has 1 nitrogen and oxygen atoms in total. The summed E-state index contributed by atoms with van der Waals surface area (Å²) < 4.78 is 0. The van der Waals surface area contributed by atoms with Gasteiger partial charge in [-0.15, -0.1) is 0 Å². The van der Waals surface area contributed by atoms with Crippen LogP contribution in [0, 0.1) is 0 Å². The molecule has 0 heterocycles. The number of fused-ring (bicyclic) bond motifs is 10. The minimum absolute atomic E-state index is 1.14. The third-order valence-electron chi connectivity index (χ3n) is 8.95. The number of hydrogen-bond acceptors (Lipinski definition) is 1. The van der Waals surface area contributed by atoms with Crippen LogP contribution in [0.15, 0.2) is 164 Å². The summed E-state index contributed by atoms with van der Waals surface area (Å²) in [4.78, 5) is 2.43. The average molecular weight is 546 g/mol. The fourth-order valence-electron chi connectivity index (χ4n) is 7.00. The van der Waals surface area contributed by atoms with Crippen molar-refractivity contribution in [2.45, 2.75) is 0 Å². The Morgan fingerprint density at radius 1 is 0.279 bits per heavy atom. The van der Waals surface area contributed by atoms with Crippen LogP contribution in [0.3, 0.4) is 0 Å². The van der Waals surface area contributed by atoms with Gasteiger partial charge in [0.2, 0.25) is 0 Å². The lowest BCUT2D eigenvalue weighted by Gasteiger charge is -2.28. The summed E-state index contributed by atoms with van der Waals surface area (Å²) in [6, 6.07) is 59.9. The standard InChI is InChI=1S/C42H27N/c1-2-13-33(14-3-1)43(34-23-25-36-31(26-34)20-18-28-10-4-7-15-35(28)36)40-27-32-21-19-29-11-5-8-16-37(29)41(32)42-38-17-9-6-12-30(38)22-24-39(40)42/h1-27H. The third-order valence-corrected chi connectivity index (χ3v) is 8.95. The molecule has 43 heavy (non-hydrogen) atoms. The quantitative estimate of drug-likeness (QED) is 0.200. The third kappa shape index (κ3) is 3.72. The maximum Gasteiger partial charge on any atom is 0.0546 e. The van der Waals surface area contributed by atoms with Gasteiger partial charge in [-0.3, -0.25) is 0 Å². The number of rotatable bonds is 3. The van der Waals surface area contributed by atoms with Crippen LogP contribution in [-0.4, -0.2) is 0 Å². The first kappa shape index (κ1) is 24.0. The number of anilines is 3. The Labute approximate surface area is 249 Å². The molecule has 0 aliphatic rings. The second kappa shape index (κ2) is 9.44. The Bertz CT molecular complexity index is 2510. The molecular weight excluding hydrogens is 518 g/mol. The van der Waals surface area contributed by atoms with Gasteiger partial charge in [0.1, 0.15) is 0 Å². The lowest BCUT2D eigenvalue weighted by Crippen LogP contribution is -2.10. The highest BCUT2D eigenvalue weighted by atomic mass is 15.1. The zero-order valence-electron chi connectivity index (χ0n) is 23.5. The summed E-state index contributed by atoms with van der Waals surface area (Å²) >= 11 is 0. The van der Waals surface area contributed by atoms with E-state index in [1.165, 1.54) is 70.3 Å². The van der Waals surface area contributed by atoms with Crippen molar-refractivity contribution in [3.05, 3.63) is 164 Å². The largest absolute Gasteiger partial charge is 0.310 e. The molecule has 0 atom stereocenters. The molecule has 200 valence electrons. The van der Waals surface area contributed by atoms with Gasteiger partial charge in [0.15, 0.2) is 0 Å². The lowest BCUT2D eigenvalue weighted by molar-refractivity contribution is 1.31. The van der Waals surface area contributed by atoms with Crippen molar-refractivity contribution < 1.29 is 0 Å². The van der Waals surface area contributed by atoms with Gasteiger partial charge in [-0.05, 0) is 84.2 Å². The van der Waals surface area contributed by atoms with Crippen LogP contribution in [0.2, 0.25) is 0 Å². The molecule has 0 aliphatic heterocycles. The molecule has 9 rings (SSSR count). The Balaban J connectivity index is 1.41. The van der Waals surface area contributed by atoms with Crippen molar-refractivity contribution in [2.24, 2.45) is 0 Å². The van der Waals surface area contributed by atoms with Gasteiger partial charge in [0, 0.05) is 22.1 Å². The summed E-state index contributed by atoms with van der Waals surface area (Å²) in [5.74, 6) is 0. The highest BCUT2D eigenvalue weighted by Gasteiger charge is 2.20. The van der Waals surface area contributed by atoms with Crippen molar-refractivity contribution in [1.82, 2.24) is 0 Å². The van der Waals surface area contributed by atoms with Crippen molar-refractivity contribution >= 4 is 81.7 Å². The smallest absolute Gasteiger partial charge is 0.0546 e. The first-order valence-electron chi connectivity index (χ1n) is 14.9. The van der Waals surface area contributed by atoms with Crippen LogP contribution >= 0.6 is 0 Å². The highest BCUT2D eigenvalue weighted by molar-refractivity contribution is 6.30. The van der Waals surface area contributed by atoms with Gasteiger partial charge < -0.3 is 4.90 Å². The van der Waals surface area contributed by atoms with Crippen molar-refractivity contribution in [1.29, 1.82) is 0 Å². The van der Waals surface area contributed by atoms with E-state index in [2.05, 4.69) is 169 Å². The molecule has 0 amide bonds. The van der Waals surface area contributed by atoms with Crippen molar-refractivity contribution in [2.75, 3.05) is 4.90 Å². The molecule has 0 radical (unpaired) electrons. The maximum atomic E-state index is 2.43. The molecule has 0 saturated carbocycles. The molecule has 0 fully saturated rings. The van der Waals surface area contributed by atoms with E-state index < -0.39 is 0 Å². The van der Waals surface area contributed by atoms with Crippen molar-refractivity contribution in [3.63, 3.8) is 0 Å². The first-order chi connectivity index (χ1) is 21.3. The molecule has 1 heteroatoms. The van der Waals surface area contributed by atoms with Crippen LogP contribution < -0.4 is 4.90 Å². The predicted octanol–water partition coefficient (Wildman–Crippen LogP) is 12.1. The van der Waals surface area contributed by atoms with Gasteiger partial charge in [0.05, 0.1) is 5.69 Å². The summed E-state index contributed by atoms with van der Waals surface area (Å²) in [5.41, 5.74) is 3.45. The van der Waals surface area contributed by atoms with Gasteiger partial charge >= 0.3 is 0 Å². The van der Waals surface area contributed by atoms with E-state index in [0.29, 0.717) is 0 Å². The number of nitrogens with zero attached hydrogens (tertiary/aromatic N) is 1. The first-order valence-corrected chi connectivity index (χ1v) is 14.9. The van der Waals surface area contributed by atoms with Crippen LogP contribution in [0.1, 0.15) is 0 Å². The lowest BCUT2D eigenvalue weighted by atomic mass is 9.91. The van der Waals surface area contributed by atoms with Crippen LogP contribution in [-0.2, 0) is 0 Å². The molecule has 0 bridgehead atoms. The SMILES string of the molecule is c1ccc(N(c2ccc3c(ccc4ccccc43)c2)c2cc3ccc4ccccc4c3c3c2ccc2ccccc23)cc1. The molecular formula is C42H27N. The van der Waals surface area contributed by atoms with Crippen molar-refractivity contribution in [3.8, 4) is 0 Å². The van der Waals surface area contributed by atoms with E-state index in [0.717, 1.165) is 11.4 Å². The van der Waals surface area contributed by atoms with Crippen LogP contribution in [0.4, 0.5) is 17.1 Å².